The van der Waals surface area contributed by atoms with Gasteiger partial charge in [0.05, 0.1) is 10.7 Å². The molecule has 0 aliphatic heterocycles. The van der Waals surface area contributed by atoms with Gasteiger partial charge in [-0.2, -0.15) is 0 Å². The van der Waals surface area contributed by atoms with Crippen molar-refractivity contribution < 1.29 is 4.79 Å². The van der Waals surface area contributed by atoms with Gasteiger partial charge in [-0.15, -0.1) is 11.3 Å². The standard InChI is InChI=1S/C11H12BrN3OS/c1-7-15-9(6-17-7)2-3-13-11(16)10-4-8(12)5-14-10/h4-6,14H,2-3H2,1H3,(H,13,16). The Kier molecular flexibility index (Phi) is 3.96. The average Bonchev–Trinajstić information content (AvgIpc) is 2.88. The van der Waals surface area contributed by atoms with Gasteiger partial charge in [-0.25, -0.2) is 4.98 Å². The lowest BCUT2D eigenvalue weighted by Crippen LogP contribution is -2.26. The number of rotatable bonds is 4. The molecule has 0 atom stereocenters. The van der Waals surface area contributed by atoms with Crippen molar-refractivity contribution in [3.63, 3.8) is 0 Å². The minimum Gasteiger partial charge on any atom is -0.356 e. The minimum absolute atomic E-state index is 0.0948. The highest BCUT2D eigenvalue weighted by atomic mass is 79.9. The molecule has 0 unspecified atom stereocenters. The molecule has 2 aromatic heterocycles. The molecular formula is C11H12BrN3OS. The smallest absolute Gasteiger partial charge is 0.267 e. The van der Waals surface area contributed by atoms with E-state index in [4.69, 9.17) is 0 Å². The summed E-state index contributed by atoms with van der Waals surface area (Å²) in [6.45, 7) is 2.57. The number of thiazole rings is 1. The Morgan fingerprint density at radius 1 is 1.65 bits per heavy atom. The summed E-state index contributed by atoms with van der Waals surface area (Å²) < 4.78 is 0.873. The van der Waals surface area contributed by atoms with Crippen molar-refractivity contribution >= 4 is 33.2 Å². The number of aromatic amines is 1. The van der Waals surface area contributed by atoms with E-state index in [1.54, 1.807) is 23.6 Å². The van der Waals surface area contributed by atoms with E-state index in [-0.39, 0.29) is 5.91 Å². The first-order valence-electron chi connectivity index (χ1n) is 5.18. The summed E-state index contributed by atoms with van der Waals surface area (Å²) >= 11 is 4.91. The molecule has 2 rings (SSSR count). The lowest BCUT2D eigenvalue weighted by Gasteiger charge is -2.01. The van der Waals surface area contributed by atoms with Crippen LogP contribution in [-0.2, 0) is 6.42 Å². The lowest BCUT2D eigenvalue weighted by atomic mass is 10.3. The summed E-state index contributed by atoms with van der Waals surface area (Å²) in [6.07, 6.45) is 2.50. The molecule has 4 nitrogen and oxygen atoms in total. The van der Waals surface area contributed by atoms with Gasteiger partial charge in [-0.1, -0.05) is 0 Å². The van der Waals surface area contributed by atoms with E-state index >= 15 is 0 Å². The van der Waals surface area contributed by atoms with Crippen molar-refractivity contribution in [2.24, 2.45) is 0 Å². The maximum atomic E-state index is 11.7. The summed E-state index contributed by atoms with van der Waals surface area (Å²) in [5.74, 6) is -0.0948. The Bertz CT molecular complexity index is 520. The Hall–Kier alpha value is -1.14. The monoisotopic (exact) mass is 313 g/mol. The molecule has 0 aromatic carbocycles. The molecule has 2 aromatic rings. The van der Waals surface area contributed by atoms with Crippen LogP contribution < -0.4 is 5.32 Å². The predicted molar refractivity (Wildman–Crippen MR) is 71.4 cm³/mol. The van der Waals surface area contributed by atoms with E-state index in [1.165, 1.54) is 0 Å². The molecule has 0 bridgehead atoms. The number of aromatic nitrogens is 2. The van der Waals surface area contributed by atoms with Gasteiger partial charge in [-0.05, 0) is 28.9 Å². The molecule has 0 saturated heterocycles. The molecule has 90 valence electrons. The molecule has 1 amide bonds. The van der Waals surface area contributed by atoms with Crippen molar-refractivity contribution in [3.05, 3.63) is 38.5 Å². The van der Waals surface area contributed by atoms with Gasteiger partial charge < -0.3 is 10.3 Å². The second kappa shape index (κ2) is 5.46. The van der Waals surface area contributed by atoms with Crippen LogP contribution in [0.3, 0.4) is 0 Å². The topological polar surface area (TPSA) is 57.8 Å². The largest absolute Gasteiger partial charge is 0.356 e. The SMILES string of the molecule is Cc1nc(CCNC(=O)c2cc(Br)c[nH]2)cs1. The third kappa shape index (κ3) is 3.41. The maximum absolute atomic E-state index is 11.7. The summed E-state index contributed by atoms with van der Waals surface area (Å²) in [6, 6.07) is 1.75. The van der Waals surface area contributed by atoms with Gasteiger partial charge in [0.15, 0.2) is 0 Å². The van der Waals surface area contributed by atoms with Crippen LogP contribution in [0.2, 0.25) is 0 Å². The second-order valence-electron chi connectivity index (χ2n) is 3.60. The van der Waals surface area contributed by atoms with Crippen LogP contribution in [0, 0.1) is 6.92 Å². The minimum atomic E-state index is -0.0948. The van der Waals surface area contributed by atoms with E-state index in [0.717, 1.165) is 21.6 Å². The Morgan fingerprint density at radius 2 is 2.47 bits per heavy atom. The van der Waals surface area contributed by atoms with Crippen molar-refractivity contribution in [1.82, 2.24) is 15.3 Å². The predicted octanol–water partition coefficient (Wildman–Crippen LogP) is 2.51. The molecule has 2 N–H and O–H groups in total. The lowest BCUT2D eigenvalue weighted by molar-refractivity contribution is 0.0949. The van der Waals surface area contributed by atoms with Crippen LogP contribution in [0.5, 0.6) is 0 Å². The van der Waals surface area contributed by atoms with Gasteiger partial charge in [0.2, 0.25) is 0 Å². The van der Waals surface area contributed by atoms with Gasteiger partial charge in [-0.3, -0.25) is 4.79 Å². The van der Waals surface area contributed by atoms with Gasteiger partial charge in [0.25, 0.3) is 5.91 Å². The van der Waals surface area contributed by atoms with Gasteiger partial charge in [0.1, 0.15) is 5.69 Å². The van der Waals surface area contributed by atoms with Crippen molar-refractivity contribution in [3.8, 4) is 0 Å². The fourth-order valence-electron chi connectivity index (χ4n) is 1.42. The number of hydrogen-bond donors (Lipinski definition) is 2. The van der Waals surface area contributed by atoms with Crippen molar-refractivity contribution in [2.75, 3.05) is 6.54 Å². The fraction of sp³-hybridized carbons (Fsp3) is 0.273. The third-order valence-electron chi connectivity index (χ3n) is 2.23. The third-order valence-corrected chi connectivity index (χ3v) is 3.51. The first-order chi connectivity index (χ1) is 8.15. The molecule has 17 heavy (non-hydrogen) atoms. The zero-order valence-corrected chi connectivity index (χ0v) is 11.7. The number of hydrogen-bond acceptors (Lipinski definition) is 3. The second-order valence-corrected chi connectivity index (χ2v) is 5.57. The molecule has 0 aliphatic rings. The number of amides is 1. The van der Waals surface area contributed by atoms with Crippen LogP contribution in [0.15, 0.2) is 22.1 Å². The molecule has 0 saturated carbocycles. The molecule has 0 aliphatic carbocycles. The van der Waals surface area contributed by atoms with E-state index in [1.807, 2.05) is 12.3 Å². The number of nitrogens with zero attached hydrogens (tertiary/aromatic N) is 1. The van der Waals surface area contributed by atoms with E-state index in [9.17, 15) is 4.79 Å². The number of nitrogens with one attached hydrogen (secondary N) is 2. The number of carbonyl (C=O) groups is 1. The van der Waals surface area contributed by atoms with Crippen molar-refractivity contribution in [2.45, 2.75) is 13.3 Å². The number of halogens is 1. The zero-order valence-electron chi connectivity index (χ0n) is 9.29. The summed E-state index contributed by atoms with van der Waals surface area (Å²) in [4.78, 5) is 18.9. The Morgan fingerprint density at radius 3 is 3.06 bits per heavy atom. The number of aryl methyl sites for hydroxylation is 1. The quantitative estimate of drug-likeness (QED) is 0.911. The fourth-order valence-corrected chi connectivity index (χ4v) is 2.41. The number of carbonyl (C=O) groups excluding carboxylic acids is 1. The highest BCUT2D eigenvalue weighted by molar-refractivity contribution is 9.10. The molecular weight excluding hydrogens is 302 g/mol. The van der Waals surface area contributed by atoms with Crippen LogP contribution in [0.4, 0.5) is 0 Å². The van der Waals surface area contributed by atoms with Crippen LogP contribution in [0.25, 0.3) is 0 Å². The average molecular weight is 314 g/mol. The summed E-state index contributed by atoms with van der Waals surface area (Å²) in [5.41, 5.74) is 1.59. The highest BCUT2D eigenvalue weighted by Crippen LogP contribution is 2.10. The van der Waals surface area contributed by atoms with Crippen LogP contribution in [0.1, 0.15) is 21.2 Å². The van der Waals surface area contributed by atoms with Crippen LogP contribution in [-0.4, -0.2) is 22.4 Å². The first-order valence-corrected chi connectivity index (χ1v) is 6.85. The summed E-state index contributed by atoms with van der Waals surface area (Å²) in [5, 5.41) is 5.92. The normalized spacial score (nSPS) is 10.5. The molecule has 2 heterocycles. The molecule has 6 heteroatoms. The first kappa shape index (κ1) is 12.3. The van der Waals surface area contributed by atoms with E-state index < -0.39 is 0 Å². The molecule has 0 spiro atoms. The van der Waals surface area contributed by atoms with E-state index in [0.29, 0.717) is 12.2 Å². The molecule has 0 fully saturated rings. The van der Waals surface area contributed by atoms with Gasteiger partial charge >= 0.3 is 0 Å². The zero-order chi connectivity index (χ0) is 12.3. The van der Waals surface area contributed by atoms with E-state index in [2.05, 4.69) is 31.2 Å². The molecule has 0 radical (unpaired) electrons. The number of H-pyrrole nitrogens is 1. The summed E-state index contributed by atoms with van der Waals surface area (Å²) in [7, 11) is 0. The van der Waals surface area contributed by atoms with Crippen molar-refractivity contribution in [1.29, 1.82) is 0 Å². The highest BCUT2D eigenvalue weighted by Gasteiger charge is 2.07. The Balaban J connectivity index is 1.81. The van der Waals surface area contributed by atoms with Crippen LogP contribution >= 0.6 is 27.3 Å². The Labute approximate surface area is 112 Å². The maximum Gasteiger partial charge on any atom is 0.267 e. The van der Waals surface area contributed by atoms with Gasteiger partial charge in [0, 0.05) is 29.0 Å².